The van der Waals surface area contributed by atoms with Crippen molar-refractivity contribution in [2.45, 2.75) is 13.0 Å². The Balaban J connectivity index is 2.27. The van der Waals surface area contributed by atoms with E-state index in [1.165, 1.54) is 11.3 Å². The van der Waals surface area contributed by atoms with Crippen LogP contribution in [0.4, 0.5) is 5.69 Å². The molecule has 1 heterocycles. The summed E-state index contributed by atoms with van der Waals surface area (Å²) in [4.78, 5) is 14.8. The number of thiophene rings is 1. The standard InChI is InChI=1S/C14H18ClN3OS/c1-8(7-18(2)3)17-14(19)13-12(16)11-9(15)5-4-6-10(11)20-13/h4-6,8H,7,16H2,1-3H3,(H,17,19). The maximum absolute atomic E-state index is 12.3. The third kappa shape index (κ3) is 3.06. The predicted octanol–water partition coefficient (Wildman–Crippen LogP) is 2.82. The number of carbonyl (C=O) groups is 1. The molecule has 2 aromatic rings. The highest BCUT2D eigenvalue weighted by Gasteiger charge is 2.19. The Kier molecular flexibility index (Phi) is 4.52. The fraction of sp³-hybridized carbons (Fsp3) is 0.357. The summed E-state index contributed by atoms with van der Waals surface area (Å²) in [5.41, 5.74) is 6.54. The van der Waals surface area contributed by atoms with E-state index in [0.717, 1.165) is 16.6 Å². The summed E-state index contributed by atoms with van der Waals surface area (Å²) in [5.74, 6) is -0.144. The Hall–Kier alpha value is -1.30. The molecule has 0 radical (unpaired) electrons. The molecule has 0 saturated heterocycles. The van der Waals surface area contributed by atoms with Gasteiger partial charge in [0.2, 0.25) is 0 Å². The van der Waals surface area contributed by atoms with Gasteiger partial charge in [-0.3, -0.25) is 4.79 Å². The Morgan fingerprint density at radius 3 is 2.80 bits per heavy atom. The number of nitrogen functional groups attached to an aromatic ring is 1. The lowest BCUT2D eigenvalue weighted by molar-refractivity contribution is 0.0939. The van der Waals surface area contributed by atoms with E-state index in [1.807, 2.05) is 38.1 Å². The number of nitrogens with two attached hydrogens (primary N) is 1. The molecular formula is C14H18ClN3OS. The molecule has 0 aliphatic heterocycles. The fourth-order valence-corrected chi connectivity index (χ4v) is 3.57. The second-order valence-corrected chi connectivity index (χ2v) is 6.55. The first-order valence-electron chi connectivity index (χ1n) is 6.32. The van der Waals surface area contributed by atoms with E-state index >= 15 is 0 Å². The number of anilines is 1. The topological polar surface area (TPSA) is 58.4 Å². The SMILES string of the molecule is CC(CN(C)C)NC(=O)c1sc2cccc(Cl)c2c1N. The van der Waals surface area contributed by atoms with E-state index in [4.69, 9.17) is 17.3 Å². The van der Waals surface area contributed by atoms with Crippen molar-refractivity contribution in [2.75, 3.05) is 26.4 Å². The Morgan fingerprint density at radius 2 is 2.20 bits per heavy atom. The van der Waals surface area contributed by atoms with Crippen molar-refractivity contribution in [1.82, 2.24) is 10.2 Å². The number of hydrogen-bond donors (Lipinski definition) is 2. The molecular weight excluding hydrogens is 294 g/mol. The fourth-order valence-electron chi connectivity index (χ4n) is 2.18. The Labute approximate surface area is 127 Å². The monoisotopic (exact) mass is 311 g/mol. The van der Waals surface area contributed by atoms with Crippen LogP contribution in [0.3, 0.4) is 0 Å². The van der Waals surface area contributed by atoms with E-state index < -0.39 is 0 Å². The Bertz CT molecular complexity index is 639. The molecule has 4 nitrogen and oxygen atoms in total. The highest BCUT2D eigenvalue weighted by Crippen LogP contribution is 2.37. The summed E-state index contributed by atoms with van der Waals surface area (Å²) < 4.78 is 0.931. The van der Waals surface area contributed by atoms with E-state index in [1.54, 1.807) is 6.07 Å². The van der Waals surface area contributed by atoms with Crippen LogP contribution in [0.1, 0.15) is 16.6 Å². The number of nitrogens with zero attached hydrogens (tertiary/aromatic N) is 1. The van der Waals surface area contributed by atoms with Gasteiger partial charge in [0.05, 0.1) is 10.7 Å². The average molecular weight is 312 g/mol. The zero-order valence-corrected chi connectivity index (χ0v) is 13.3. The number of carbonyl (C=O) groups excluding carboxylic acids is 1. The van der Waals surface area contributed by atoms with Crippen LogP contribution in [-0.2, 0) is 0 Å². The third-order valence-corrected chi connectivity index (χ3v) is 4.41. The number of likely N-dealkylation sites (N-methyl/N-ethyl adjacent to an activating group) is 1. The van der Waals surface area contributed by atoms with Gasteiger partial charge >= 0.3 is 0 Å². The molecule has 0 fully saturated rings. The molecule has 0 aliphatic carbocycles. The van der Waals surface area contributed by atoms with Gasteiger partial charge in [0.25, 0.3) is 5.91 Å². The van der Waals surface area contributed by atoms with Crippen LogP contribution in [0.15, 0.2) is 18.2 Å². The van der Waals surface area contributed by atoms with Crippen LogP contribution < -0.4 is 11.1 Å². The summed E-state index contributed by atoms with van der Waals surface area (Å²) in [7, 11) is 3.94. The quantitative estimate of drug-likeness (QED) is 0.913. The minimum absolute atomic E-state index is 0.0533. The minimum atomic E-state index is -0.144. The first kappa shape index (κ1) is 15.1. The van der Waals surface area contributed by atoms with E-state index in [-0.39, 0.29) is 11.9 Å². The summed E-state index contributed by atoms with van der Waals surface area (Å²) >= 11 is 7.52. The molecule has 1 atom stereocenters. The van der Waals surface area contributed by atoms with Crippen LogP contribution >= 0.6 is 22.9 Å². The average Bonchev–Trinajstić information content (AvgIpc) is 2.67. The van der Waals surface area contributed by atoms with Gasteiger partial charge in [-0.25, -0.2) is 0 Å². The molecule has 2 rings (SSSR count). The van der Waals surface area contributed by atoms with Crippen LogP contribution in [0.5, 0.6) is 0 Å². The molecule has 1 unspecified atom stereocenters. The number of nitrogens with one attached hydrogen (secondary N) is 1. The lowest BCUT2D eigenvalue weighted by atomic mass is 10.2. The van der Waals surface area contributed by atoms with Crippen LogP contribution in [0, 0.1) is 0 Å². The summed E-state index contributed by atoms with van der Waals surface area (Å²) in [6.45, 7) is 2.74. The van der Waals surface area contributed by atoms with Crippen molar-refractivity contribution >= 4 is 44.6 Å². The Morgan fingerprint density at radius 1 is 1.50 bits per heavy atom. The van der Waals surface area contributed by atoms with Crippen molar-refractivity contribution < 1.29 is 4.79 Å². The van der Waals surface area contributed by atoms with E-state index in [9.17, 15) is 4.79 Å². The van der Waals surface area contributed by atoms with Gasteiger partial charge in [0.1, 0.15) is 4.88 Å². The number of fused-ring (bicyclic) bond motifs is 1. The number of benzene rings is 1. The molecule has 0 saturated carbocycles. The highest BCUT2D eigenvalue weighted by molar-refractivity contribution is 7.21. The third-order valence-electron chi connectivity index (χ3n) is 2.92. The van der Waals surface area contributed by atoms with Gasteiger partial charge in [-0.05, 0) is 33.2 Å². The number of rotatable bonds is 4. The first-order chi connectivity index (χ1) is 9.40. The maximum atomic E-state index is 12.3. The van der Waals surface area contributed by atoms with Crippen molar-refractivity contribution in [3.05, 3.63) is 28.1 Å². The van der Waals surface area contributed by atoms with Gasteiger partial charge in [-0.15, -0.1) is 11.3 Å². The second kappa shape index (κ2) is 5.99. The zero-order chi connectivity index (χ0) is 14.9. The molecule has 20 heavy (non-hydrogen) atoms. The molecule has 1 aromatic carbocycles. The summed E-state index contributed by atoms with van der Waals surface area (Å²) in [5, 5.41) is 4.30. The summed E-state index contributed by atoms with van der Waals surface area (Å²) in [6.07, 6.45) is 0. The van der Waals surface area contributed by atoms with Gasteiger partial charge in [0.15, 0.2) is 0 Å². The number of amides is 1. The lowest BCUT2D eigenvalue weighted by Crippen LogP contribution is -2.39. The van der Waals surface area contributed by atoms with Gasteiger partial charge in [-0.2, -0.15) is 0 Å². The van der Waals surface area contributed by atoms with Gasteiger partial charge in [-0.1, -0.05) is 17.7 Å². The lowest BCUT2D eigenvalue weighted by Gasteiger charge is -2.17. The normalized spacial score (nSPS) is 12.8. The molecule has 0 spiro atoms. The highest BCUT2D eigenvalue weighted by atomic mass is 35.5. The molecule has 108 valence electrons. The van der Waals surface area contributed by atoms with Gasteiger partial charge in [0, 0.05) is 22.7 Å². The molecule has 6 heteroatoms. The van der Waals surface area contributed by atoms with E-state index in [0.29, 0.717) is 15.6 Å². The van der Waals surface area contributed by atoms with Crippen LogP contribution in [0.2, 0.25) is 5.02 Å². The smallest absolute Gasteiger partial charge is 0.263 e. The number of hydrogen-bond acceptors (Lipinski definition) is 4. The predicted molar refractivity (Wildman–Crippen MR) is 86.7 cm³/mol. The van der Waals surface area contributed by atoms with Crippen LogP contribution in [0.25, 0.3) is 10.1 Å². The zero-order valence-electron chi connectivity index (χ0n) is 11.7. The van der Waals surface area contributed by atoms with Crippen molar-refractivity contribution in [3.63, 3.8) is 0 Å². The molecule has 0 aliphatic rings. The molecule has 3 N–H and O–H groups in total. The first-order valence-corrected chi connectivity index (χ1v) is 7.51. The van der Waals surface area contributed by atoms with Crippen molar-refractivity contribution in [3.8, 4) is 0 Å². The van der Waals surface area contributed by atoms with Crippen molar-refractivity contribution in [1.29, 1.82) is 0 Å². The molecule has 1 amide bonds. The second-order valence-electron chi connectivity index (χ2n) is 5.09. The van der Waals surface area contributed by atoms with Crippen LogP contribution in [-0.4, -0.2) is 37.5 Å². The van der Waals surface area contributed by atoms with Gasteiger partial charge < -0.3 is 16.0 Å². The largest absolute Gasteiger partial charge is 0.397 e. The van der Waals surface area contributed by atoms with Crippen molar-refractivity contribution in [2.24, 2.45) is 0 Å². The maximum Gasteiger partial charge on any atom is 0.263 e. The van der Waals surface area contributed by atoms with E-state index in [2.05, 4.69) is 5.32 Å². The number of halogens is 1. The molecule has 1 aromatic heterocycles. The minimum Gasteiger partial charge on any atom is -0.397 e. The summed E-state index contributed by atoms with van der Waals surface area (Å²) in [6, 6.07) is 5.61. The molecule has 0 bridgehead atoms.